The number of carbonyl (C=O) groups excluding carboxylic acids is 2. The number of aryl methyl sites for hydroxylation is 1. The molecule has 0 radical (unpaired) electrons. The van der Waals surface area contributed by atoms with Gasteiger partial charge < -0.3 is 14.6 Å². The number of fused-ring (bicyclic) bond motifs is 1. The molecule has 1 fully saturated rings. The molecule has 1 atom stereocenters. The van der Waals surface area contributed by atoms with Crippen molar-refractivity contribution in [3.8, 4) is 0 Å². The molecule has 2 aromatic carbocycles. The number of halogens is 1. The molecule has 4 rings (SSSR count). The molecule has 0 spiro atoms. The van der Waals surface area contributed by atoms with Crippen molar-refractivity contribution in [2.45, 2.75) is 25.8 Å². The molecule has 7 heteroatoms. The van der Waals surface area contributed by atoms with Crippen LogP contribution in [-0.2, 0) is 9.59 Å². The van der Waals surface area contributed by atoms with Gasteiger partial charge in [-0.05, 0) is 42.7 Å². The lowest BCUT2D eigenvalue weighted by molar-refractivity contribution is -0.143. The van der Waals surface area contributed by atoms with E-state index < -0.39 is 11.8 Å². The minimum absolute atomic E-state index is 0.293. The lowest BCUT2D eigenvalue weighted by Crippen LogP contribution is -2.39. The minimum Gasteiger partial charge on any atom is -0.441 e. The van der Waals surface area contributed by atoms with Gasteiger partial charge in [0, 0.05) is 25.2 Å². The number of oxazole rings is 1. The van der Waals surface area contributed by atoms with Crippen LogP contribution in [0.25, 0.3) is 11.1 Å². The van der Waals surface area contributed by atoms with Crippen LogP contribution < -0.4 is 5.32 Å². The van der Waals surface area contributed by atoms with Crippen LogP contribution in [0.2, 0.25) is 0 Å². The summed E-state index contributed by atoms with van der Waals surface area (Å²) in [4.78, 5) is 30.8. The Hall–Kier alpha value is -3.22. The summed E-state index contributed by atoms with van der Waals surface area (Å²) in [5.74, 6) is -1.18. The SMILES string of the molecule is Cc1nc2ccc(NC(=O)C(=O)N3CCC[C@H]3c3cccc(F)c3)cc2o1. The lowest BCUT2D eigenvalue weighted by Gasteiger charge is -2.24. The Morgan fingerprint density at radius 2 is 2.11 bits per heavy atom. The highest BCUT2D eigenvalue weighted by molar-refractivity contribution is 6.39. The third-order valence-corrected chi connectivity index (χ3v) is 4.69. The van der Waals surface area contributed by atoms with Crippen LogP contribution in [0.1, 0.15) is 30.3 Å². The van der Waals surface area contributed by atoms with Crippen LogP contribution in [0.3, 0.4) is 0 Å². The summed E-state index contributed by atoms with van der Waals surface area (Å²) in [6, 6.07) is 10.9. The molecule has 1 saturated heterocycles. The number of hydrogen-bond acceptors (Lipinski definition) is 4. The summed E-state index contributed by atoms with van der Waals surface area (Å²) in [6.07, 6.45) is 1.47. The number of anilines is 1. The molecule has 1 aromatic heterocycles. The molecule has 0 unspecified atom stereocenters. The number of rotatable bonds is 2. The summed E-state index contributed by atoms with van der Waals surface area (Å²) in [5, 5.41) is 2.61. The molecule has 3 aromatic rings. The first-order valence-electron chi connectivity index (χ1n) is 8.76. The maximum absolute atomic E-state index is 13.5. The number of aromatic nitrogens is 1. The van der Waals surface area contributed by atoms with Gasteiger partial charge in [0.25, 0.3) is 0 Å². The number of likely N-dealkylation sites (tertiary alicyclic amines) is 1. The second-order valence-corrected chi connectivity index (χ2v) is 6.58. The molecule has 0 aliphatic carbocycles. The fourth-order valence-electron chi connectivity index (χ4n) is 3.50. The zero-order chi connectivity index (χ0) is 19.0. The summed E-state index contributed by atoms with van der Waals surface area (Å²) >= 11 is 0. The molecule has 2 heterocycles. The van der Waals surface area contributed by atoms with Gasteiger partial charge in [0.15, 0.2) is 11.5 Å². The topological polar surface area (TPSA) is 75.4 Å². The Kier molecular flexibility index (Phi) is 4.35. The highest BCUT2D eigenvalue weighted by atomic mass is 19.1. The summed E-state index contributed by atoms with van der Waals surface area (Å²) < 4.78 is 19.0. The predicted octanol–water partition coefficient (Wildman–Crippen LogP) is 3.58. The first-order chi connectivity index (χ1) is 13.0. The number of nitrogens with zero attached hydrogens (tertiary/aromatic N) is 2. The standard InChI is InChI=1S/C20H18FN3O3/c1-12-22-16-8-7-15(11-18(16)27-12)23-19(25)20(26)24-9-3-6-17(24)13-4-2-5-14(21)10-13/h2,4-5,7-8,10-11,17H,3,6,9H2,1H3,(H,23,25)/t17-/m0/s1. The normalized spacial score (nSPS) is 16.7. The minimum atomic E-state index is -0.728. The number of hydrogen-bond donors (Lipinski definition) is 1. The van der Waals surface area contributed by atoms with E-state index in [9.17, 15) is 14.0 Å². The van der Waals surface area contributed by atoms with Crippen LogP contribution >= 0.6 is 0 Å². The van der Waals surface area contributed by atoms with E-state index in [1.54, 1.807) is 37.3 Å². The molecule has 1 aliphatic rings. The van der Waals surface area contributed by atoms with Gasteiger partial charge in [0.05, 0.1) is 6.04 Å². The van der Waals surface area contributed by atoms with Crippen LogP contribution in [0.4, 0.5) is 10.1 Å². The van der Waals surface area contributed by atoms with Crippen molar-refractivity contribution in [1.82, 2.24) is 9.88 Å². The van der Waals surface area contributed by atoms with Crippen molar-refractivity contribution >= 4 is 28.6 Å². The van der Waals surface area contributed by atoms with Crippen molar-refractivity contribution < 1.29 is 18.4 Å². The first kappa shape index (κ1) is 17.2. The highest BCUT2D eigenvalue weighted by Crippen LogP contribution is 2.32. The third-order valence-electron chi connectivity index (χ3n) is 4.69. The Morgan fingerprint density at radius 3 is 2.93 bits per heavy atom. The van der Waals surface area contributed by atoms with Gasteiger partial charge in [-0.1, -0.05) is 12.1 Å². The average molecular weight is 367 g/mol. The molecule has 138 valence electrons. The summed E-state index contributed by atoms with van der Waals surface area (Å²) in [7, 11) is 0. The fourth-order valence-corrected chi connectivity index (χ4v) is 3.50. The van der Waals surface area contributed by atoms with Crippen LogP contribution in [0.5, 0.6) is 0 Å². The van der Waals surface area contributed by atoms with Crippen molar-refractivity contribution in [2.24, 2.45) is 0 Å². The van der Waals surface area contributed by atoms with E-state index in [2.05, 4.69) is 10.3 Å². The molecule has 1 N–H and O–H groups in total. The highest BCUT2D eigenvalue weighted by Gasteiger charge is 2.33. The maximum Gasteiger partial charge on any atom is 0.313 e. The Morgan fingerprint density at radius 1 is 1.26 bits per heavy atom. The number of amides is 2. The van der Waals surface area contributed by atoms with Gasteiger partial charge in [-0.25, -0.2) is 9.37 Å². The van der Waals surface area contributed by atoms with E-state index in [0.717, 1.165) is 6.42 Å². The molecule has 0 bridgehead atoms. The van der Waals surface area contributed by atoms with Crippen LogP contribution in [-0.4, -0.2) is 28.2 Å². The van der Waals surface area contributed by atoms with Crippen LogP contribution in [0, 0.1) is 12.7 Å². The molecule has 6 nitrogen and oxygen atoms in total. The second-order valence-electron chi connectivity index (χ2n) is 6.58. The Bertz CT molecular complexity index is 1030. The van der Waals surface area contributed by atoms with E-state index in [1.807, 2.05) is 0 Å². The largest absolute Gasteiger partial charge is 0.441 e. The van der Waals surface area contributed by atoms with E-state index in [4.69, 9.17) is 4.42 Å². The van der Waals surface area contributed by atoms with Gasteiger partial charge in [-0.3, -0.25) is 9.59 Å². The smallest absolute Gasteiger partial charge is 0.313 e. The third kappa shape index (κ3) is 3.40. The molecule has 1 aliphatic heterocycles. The van der Waals surface area contributed by atoms with E-state index in [1.165, 1.54) is 17.0 Å². The van der Waals surface area contributed by atoms with Crippen molar-refractivity contribution in [2.75, 3.05) is 11.9 Å². The van der Waals surface area contributed by atoms with Crippen LogP contribution in [0.15, 0.2) is 46.9 Å². The maximum atomic E-state index is 13.5. The van der Waals surface area contributed by atoms with Gasteiger partial charge >= 0.3 is 11.8 Å². The Balaban J connectivity index is 1.51. The van der Waals surface area contributed by atoms with Crippen molar-refractivity contribution in [3.63, 3.8) is 0 Å². The van der Waals surface area contributed by atoms with Gasteiger partial charge in [-0.15, -0.1) is 0 Å². The summed E-state index contributed by atoms with van der Waals surface area (Å²) in [5.41, 5.74) is 2.38. The quantitative estimate of drug-likeness (QED) is 0.703. The number of carbonyl (C=O) groups is 2. The van der Waals surface area contributed by atoms with Crippen molar-refractivity contribution in [1.29, 1.82) is 0 Å². The zero-order valence-electron chi connectivity index (χ0n) is 14.7. The van der Waals surface area contributed by atoms with Gasteiger partial charge in [0.1, 0.15) is 11.3 Å². The van der Waals surface area contributed by atoms with Crippen molar-refractivity contribution in [3.05, 3.63) is 59.7 Å². The van der Waals surface area contributed by atoms with Gasteiger partial charge in [-0.2, -0.15) is 0 Å². The zero-order valence-corrected chi connectivity index (χ0v) is 14.7. The van der Waals surface area contributed by atoms with E-state index in [-0.39, 0.29) is 11.9 Å². The predicted molar refractivity (Wildman–Crippen MR) is 97.5 cm³/mol. The first-order valence-corrected chi connectivity index (χ1v) is 8.76. The lowest BCUT2D eigenvalue weighted by atomic mass is 10.0. The van der Waals surface area contributed by atoms with E-state index in [0.29, 0.717) is 41.2 Å². The summed E-state index contributed by atoms with van der Waals surface area (Å²) in [6.45, 7) is 2.20. The van der Waals surface area contributed by atoms with Gasteiger partial charge in [0.2, 0.25) is 0 Å². The molecule has 27 heavy (non-hydrogen) atoms. The fraction of sp³-hybridized carbons (Fsp3) is 0.250. The number of benzene rings is 2. The number of nitrogens with one attached hydrogen (secondary N) is 1. The molecular weight excluding hydrogens is 349 g/mol. The second kappa shape index (κ2) is 6.83. The monoisotopic (exact) mass is 367 g/mol. The van der Waals surface area contributed by atoms with E-state index >= 15 is 0 Å². The Labute approximate surface area is 155 Å². The molecular formula is C20H18FN3O3. The average Bonchev–Trinajstić information content (AvgIpc) is 3.26. The molecule has 2 amide bonds. The molecule has 0 saturated carbocycles.